The Morgan fingerprint density at radius 1 is 1.44 bits per heavy atom. The summed E-state index contributed by atoms with van der Waals surface area (Å²) in [5, 5.41) is 4.64. The minimum atomic E-state index is 0.379. The van der Waals surface area contributed by atoms with Gasteiger partial charge in [-0.25, -0.2) is 0 Å². The molecule has 1 heterocycles. The molecule has 0 amide bonds. The molecule has 18 heavy (non-hydrogen) atoms. The van der Waals surface area contributed by atoms with E-state index in [0.29, 0.717) is 22.2 Å². The predicted molar refractivity (Wildman–Crippen MR) is 76.6 cm³/mol. The smallest absolute Gasteiger partial charge is 0.0624 e. The zero-order valence-corrected chi connectivity index (χ0v) is 12.1. The van der Waals surface area contributed by atoms with Crippen molar-refractivity contribution in [3.05, 3.63) is 33.8 Å². The largest absolute Gasteiger partial charge is 0.378 e. The molecule has 0 aromatic heterocycles. The Labute approximate surface area is 119 Å². The van der Waals surface area contributed by atoms with Gasteiger partial charge >= 0.3 is 0 Å². The third kappa shape index (κ3) is 3.61. The number of hydrogen-bond donors (Lipinski definition) is 1. The van der Waals surface area contributed by atoms with Crippen LogP contribution in [0.3, 0.4) is 0 Å². The first-order valence-electron chi connectivity index (χ1n) is 6.42. The lowest BCUT2D eigenvalue weighted by Gasteiger charge is -2.20. The van der Waals surface area contributed by atoms with Crippen molar-refractivity contribution >= 4 is 23.2 Å². The summed E-state index contributed by atoms with van der Waals surface area (Å²) in [5.41, 5.74) is 1.10. The number of ether oxygens (including phenoxy) is 1. The first-order chi connectivity index (χ1) is 8.70. The van der Waals surface area contributed by atoms with Gasteiger partial charge in [-0.1, -0.05) is 35.3 Å². The second-order valence-electron chi connectivity index (χ2n) is 4.77. The molecule has 1 aliphatic rings. The van der Waals surface area contributed by atoms with Gasteiger partial charge in [0, 0.05) is 12.6 Å². The molecule has 1 saturated heterocycles. The van der Waals surface area contributed by atoms with Gasteiger partial charge in [-0.15, -0.1) is 0 Å². The van der Waals surface area contributed by atoms with Crippen molar-refractivity contribution in [2.24, 2.45) is 0 Å². The molecule has 1 aromatic carbocycles. The molecule has 2 rings (SSSR count). The van der Waals surface area contributed by atoms with Crippen molar-refractivity contribution in [3.63, 3.8) is 0 Å². The van der Waals surface area contributed by atoms with Crippen molar-refractivity contribution in [3.8, 4) is 0 Å². The molecule has 1 aliphatic heterocycles. The van der Waals surface area contributed by atoms with Gasteiger partial charge in [0.05, 0.1) is 16.1 Å². The van der Waals surface area contributed by atoms with Gasteiger partial charge in [0.2, 0.25) is 0 Å². The van der Waals surface area contributed by atoms with Crippen LogP contribution in [0, 0.1) is 0 Å². The van der Waals surface area contributed by atoms with Gasteiger partial charge in [-0.05, 0) is 44.4 Å². The van der Waals surface area contributed by atoms with Crippen LogP contribution in [0.4, 0.5) is 0 Å². The Hall–Kier alpha value is -0.280. The molecule has 0 radical (unpaired) electrons. The highest BCUT2D eigenvalue weighted by atomic mass is 35.5. The van der Waals surface area contributed by atoms with Crippen molar-refractivity contribution in [1.82, 2.24) is 5.32 Å². The minimum Gasteiger partial charge on any atom is -0.378 e. The maximum Gasteiger partial charge on any atom is 0.0624 e. The quantitative estimate of drug-likeness (QED) is 0.892. The second-order valence-corrected chi connectivity index (χ2v) is 5.56. The lowest BCUT2D eigenvalue weighted by molar-refractivity contribution is 0.0954. The van der Waals surface area contributed by atoms with E-state index in [1.54, 1.807) is 0 Å². The van der Waals surface area contributed by atoms with Gasteiger partial charge in [0.15, 0.2) is 0 Å². The predicted octanol–water partition coefficient (Wildman–Crippen LogP) is 3.69. The fourth-order valence-corrected chi connectivity index (χ4v) is 2.82. The fraction of sp³-hybridized carbons (Fsp3) is 0.571. The van der Waals surface area contributed by atoms with E-state index >= 15 is 0 Å². The monoisotopic (exact) mass is 287 g/mol. The molecular weight excluding hydrogens is 269 g/mol. The first kappa shape index (κ1) is 14.1. The van der Waals surface area contributed by atoms with E-state index in [-0.39, 0.29) is 0 Å². The van der Waals surface area contributed by atoms with E-state index in [1.165, 1.54) is 12.8 Å². The fourth-order valence-electron chi connectivity index (χ4n) is 2.42. The highest BCUT2D eigenvalue weighted by molar-refractivity contribution is 6.42. The molecule has 1 fully saturated rings. The molecule has 1 aromatic rings. The number of benzene rings is 1. The average molecular weight is 288 g/mol. The molecule has 100 valence electrons. The summed E-state index contributed by atoms with van der Waals surface area (Å²) in [6.45, 7) is 0.902. The molecule has 4 heteroatoms. The third-order valence-corrected chi connectivity index (χ3v) is 4.34. The van der Waals surface area contributed by atoms with Crippen LogP contribution in [-0.2, 0) is 11.2 Å². The highest BCUT2D eigenvalue weighted by Crippen LogP contribution is 2.27. The average Bonchev–Trinajstić information content (AvgIpc) is 2.86. The third-order valence-electron chi connectivity index (χ3n) is 3.48. The van der Waals surface area contributed by atoms with Gasteiger partial charge in [-0.2, -0.15) is 0 Å². The molecular formula is C14H19Cl2NO. The normalized spacial score (nSPS) is 21.2. The van der Waals surface area contributed by atoms with Gasteiger partial charge in [0.25, 0.3) is 0 Å². The maximum atomic E-state index is 6.22. The minimum absolute atomic E-state index is 0.379. The Morgan fingerprint density at radius 2 is 2.28 bits per heavy atom. The van der Waals surface area contributed by atoms with E-state index in [4.69, 9.17) is 27.9 Å². The molecule has 0 spiro atoms. The van der Waals surface area contributed by atoms with E-state index in [9.17, 15) is 0 Å². The van der Waals surface area contributed by atoms with Crippen LogP contribution < -0.4 is 5.32 Å². The lowest BCUT2D eigenvalue weighted by Crippen LogP contribution is -2.31. The Balaban J connectivity index is 1.98. The number of rotatable bonds is 5. The number of halogens is 2. The summed E-state index contributed by atoms with van der Waals surface area (Å²) in [4.78, 5) is 0. The summed E-state index contributed by atoms with van der Waals surface area (Å²) < 4.78 is 5.68. The zero-order valence-electron chi connectivity index (χ0n) is 10.6. The molecule has 2 unspecified atom stereocenters. The van der Waals surface area contributed by atoms with E-state index in [0.717, 1.165) is 25.0 Å². The van der Waals surface area contributed by atoms with E-state index < -0.39 is 0 Å². The first-order valence-corrected chi connectivity index (χ1v) is 7.18. The Morgan fingerprint density at radius 3 is 2.94 bits per heavy atom. The zero-order chi connectivity index (χ0) is 13.0. The van der Waals surface area contributed by atoms with Crippen LogP contribution in [0.5, 0.6) is 0 Å². The van der Waals surface area contributed by atoms with Gasteiger partial charge in [-0.3, -0.25) is 0 Å². The van der Waals surface area contributed by atoms with Crippen LogP contribution >= 0.6 is 23.2 Å². The standard InChI is InChI=1S/C14H19Cl2NO/c1-17-11(9-12-5-3-7-18-12)8-10-4-2-6-13(15)14(10)16/h2,4,6,11-12,17H,3,5,7-9H2,1H3. The van der Waals surface area contributed by atoms with Crippen LogP contribution in [-0.4, -0.2) is 25.8 Å². The topological polar surface area (TPSA) is 21.3 Å². The molecule has 2 atom stereocenters. The summed E-state index contributed by atoms with van der Waals surface area (Å²) in [6, 6.07) is 6.18. The van der Waals surface area contributed by atoms with Crippen LogP contribution in [0.15, 0.2) is 18.2 Å². The SMILES string of the molecule is CNC(Cc1cccc(Cl)c1Cl)CC1CCCO1. The molecule has 0 bridgehead atoms. The van der Waals surface area contributed by atoms with Crippen LogP contribution in [0.1, 0.15) is 24.8 Å². The summed E-state index contributed by atoms with van der Waals surface area (Å²) >= 11 is 12.3. The summed E-state index contributed by atoms with van der Waals surface area (Å²) in [6.07, 6.45) is 4.65. The van der Waals surface area contributed by atoms with Crippen LogP contribution in [0.25, 0.3) is 0 Å². The van der Waals surface area contributed by atoms with Crippen molar-refractivity contribution in [2.75, 3.05) is 13.7 Å². The number of nitrogens with one attached hydrogen (secondary N) is 1. The van der Waals surface area contributed by atoms with E-state index in [1.807, 2.05) is 25.2 Å². The Bertz CT molecular complexity index is 391. The summed E-state index contributed by atoms with van der Waals surface area (Å²) in [7, 11) is 1.98. The maximum absolute atomic E-state index is 6.22. The number of likely N-dealkylation sites (N-methyl/N-ethyl adjacent to an activating group) is 1. The molecule has 1 N–H and O–H groups in total. The van der Waals surface area contributed by atoms with Crippen molar-refractivity contribution in [1.29, 1.82) is 0 Å². The Kier molecular flexibility index (Phi) is 5.31. The lowest BCUT2D eigenvalue weighted by atomic mass is 9.99. The van der Waals surface area contributed by atoms with Gasteiger partial charge < -0.3 is 10.1 Å². The number of hydrogen-bond acceptors (Lipinski definition) is 2. The van der Waals surface area contributed by atoms with Crippen LogP contribution in [0.2, 0.25) is 10.0 Å². The van der Waals surface area contributed by atoms with Crippen molar-refractivity contribution in [2.45, 2.75) is 37.8 Å². The van der Waals surface area contributed by atoms with Gasteiger partial charge in [0.1, 0.15) is 0 Å². The highest BCUT2D eigenvalue weighted by Gasteiger charge is 2.20. The molecule has 0 saturated carbocycles. The summed E-state index contributed by atoms with van der Waals surface area (Å²) in [5.74, 6) is 0. The van der Waals surface area contributed by atoms with Crippen molar-refractivity contribution < 1.29 is 4.74 Å². The molecule has 0 aliphatic carbocycles. The van der Waals surface area contributed by atoms with E-state index in [2.05, 4.69) is 5.32 Å². The molecule has 2 nitrogen and oxygen atoms in total. The second kappa shape index (κ2) is 6.76.